The van der Waals surface area contributed by atoms with Crippen LogP contribution in [0.2, 0.25) is 0 Å². The van der Waals surface area contributed by atoms with Crippen molar-refractivity contribution < 1.29 is 22.7 Å². The molecule has 1 fully saturated rings. The van der Waals surface area contributed by atoms with Crippen molar-refractivity contribution in [3.63, 3.8) is 0 Å². The van der Waals surface area contributed by atoms with E-state index in [1.165, 1.54) is 9.21 Å². The van der Waals surface area contributed by atoms with Crippen molar-refractivity contribution >= 4 is 39.1 Å². The minimum Gasteiger partial charge on any atom is -0.447 e. The molecule has 0 aliphatic carbocycles. The van der Waals surface area contributed by atoms with Crippen LogP contribution in [0.25, 0.3) is 0 Å². The van der Waals surface area contributed by atoms with Gasteiger partial charge in [-0.25, -0.2) is 13.2 Å². The first-order chi connectivity index (χ1) is 16.8. The summed E-state index contributed by atoms with van der Waals surface area (Å²) in [7, 11) is -3.90. The summed E-state index contributed by atoms with van der Waals surface area (Å²) in [6.45, 7) is 4.42. The van der Waals surface area contributed by atoms with Gasteiger partial charge in [0.15, 0.2) is 0 Å². The first kappa shape index (κ1) is 24.3. The van der Waals surface area contributed by atoms with Crippen LogP contribution in [0.4, 0.5) is 21.9 Å². The molecule has 0 saturated carbocycles. The summed E-state index contributed by atoms with van der Waals surface area (Å²) in [5.74, 6) is -0.374. The van der Waals surface area contributed by atoms with Gasteiger partial charge in [-0.05, 0) is 50.2 Å². The van der Waals surface area contributed by atoms with Crippen molar-refractivity contribution in [3.8, 4) is 0 Å². The third-order valence-electron chi connectivity index (χ3n) is 5.70. The molecular formula is C26H27N3O5S. The topological polar surface area (TPSA) is 96.0 Å². The van der Waals surface area contributed by atoms with Crippen molar-refractivity contribution in [2.45, 2.75) is 25.2 Å². The van der Waals surface area contributed by atoms with E-state index < -0.39 is 16.1 Å². The van der Waals surface area contributed by atoms with Gasteiger partial charge in [-0.1, -0.05) is 47.5 Å². The molecule has 2 amide bonds. The Hall–Kier alpha value is -3.85. The van der Waals surface area contributed by atoms with Gasteiger partial charge in [-0.15, -0.1) is 0 Å². The fourth-order valence-corrected chi connectivity index (χ4v) is 5.24. The van der Waals surface area contributed by atoms with Gasteiger partial charge in [0.05, 0.1) is 28.5 Å². The fourth-order valence-electron chi connectivity index (χ4n) is 3.78. The molecule has 3 aromatic carbocycles. The van der Waals surface area contributed by atoms with Crippen LogP contribution < -0.4 is 14.5 Å². The molecule has 0 atom stereocenters. The van der Waals surface area contributed by atoms with Gasteiger partial charge in [0.1, 0.15) is 6.61 Å². The molecule has 0 unspecified atom stereocenters. The molecule has 1 aliphatic heterocycles. The first-order valence-corrected chi connectivity index (χ1v) is 12.7. The number of carbonyl (C=O) groups is 2. The van der Waals surface area contributed by atoms with Gasteiger partial charge < -0.3 is 10.1 Å². The Balaban J connectivity index is 1.55. The molecule has 4 rings (SSSR count). The summed E-state index contributed by atoms with van der Waals surface area (Å²) < 4.78 is 33.3. The lowest BCUT2D eigenvalue weighted by atomic mass is 10.2. The van der Waals surface area contributed by atoms with Crippen LogP contribution in [0.15, 0.2) is 77.7 Å². The molecule has 9 heteroatoms. The van der Waals surface area contributed by atoms with Crippen molar-refractivity contribution in [3.05, 3.63) is 83.9 Å². The zero-order valence-electron chi connectivity index (χ0n) is 19.6. The Labute approximate surface area is 205 Å². The van der Waals surface area contributed by atoms with Crippen LogP contribution in [0, 0.1) is 13.8 Å². The second kappa shape index (κ2) is 10.2. The van der Waals surface area contributed by atoms with Crippen molar-refractivity contribution in [2.75, 3.05) is 34.2 Å². The molecule has 3 aromatic rings. The van der Waals surface area contributed by atoms with Crippen LogP contribution in [0.3, 0.4) is 0 Å². The third-order valence-corrected chi connectivity index (χ3v) is 7.54. The quantitative estimate of drug-likeness (QED) is 0.499. The highest BCUT2D eigenvalue weighted by molar-refractivity contribution is 7.92. The van der Waals surface area contributed by atoms with Gasteiger partial charge in [0.2, 0.25) is 5.91 Å². The van der Waals surface area contributed by atoms with Crippen LogP contribution in [-0.2, 0) is 19.6 Å². The number of amides is 2. The Morgan fingerprint density at radius 2 is 1.60 bits per heavy atom. The average molecular weight is 494 g/mol. The van der Waals surface area contributed by atoms with Gasteiger partial charge in [-0.3, -0.25) is 14.0 Å². The Morgan fingerprint density at radius 3 is 2.23 bits per heavy atom. The number of aryl methyl sites for hydroxylation is 2. The molecule has 1 aliphatic rings. The molecule has 35 heavy (non-hydrogen) atoms. The number of benzene rings is 3. The zero-order chi connectivity index (χ0) is 25.0. The normalized spacial score (nSPS) is 13.4. The van der Waals surface area contributed by atoms with Gasteiger partial charge in [0.25, 0.3) is 10.0 Å². The number of rotatable bonds is 8. The molecule has 0 bridgehead atoms. The molecule has 0 spiro atoms. The van der Waals surface area contributed by atoms with Crippen LogP contribution in [-0.4, -0.2) is 40.1 Å². The maximum Gasteiger partial charge on any atom is 0.414 e. The lowest BCUT2D eigenvalue weighted by Crippen LogP contribution is -2.34. The van der Waals surface area contributed by atoms with E-state index in [2.05, 4.69) is 5.32 Å². The Bertz CT molecular complexity index is 1320. The number of hydrogen-bond donors (Lipinski definition) is 1. The monoisotopic (exact) mass is 493 g/mol. The average Bonchev–Trinajstić information content (AvgIpc) is 3.26. The second-order valence-electron chi connectivity index (χ2n) is 8.31. The maximum absolute atomic E-state index is 13.5. The summed E-state index contributed by atoms with van der Waals surface area (Å²) in [6, 6.07) is 20.7. The highest BCUT2D eigenvalue weighted by atomic mass is 32.2. The number of nitrogens with one attached hydrogen (secondary N) is 1. The molecule has 182 valence electrons. The number of ether oxygens (including phenoxy) is 1. The maximum atomic E-state index is 13.5. The summed E-state index contributed by atoms with van der Waals surface area (Å²) in [4.78, 5) is 26.5. The third kappa shape index (κ3) is 5.46. The zero-order valence-corrected chi connectivity index (χ0v) is 20.4. The number of sulfonamides is 1. The van der Waals surface area contributed by atoms with Gasteiger partial charge in [-0.2, -0.15) is 0 Å². The number of carbonyl (C=O) groups excluding carboxylic acids is 2. The van der Waals surface area contributed by atoms with Gasteiger partial charge in [0, 0.05) is 13.0 Å². The van der Waals surface area contributed by atoms with Crippen molar-refractivity contribution in [1.82, 2.24) is 0 Å². The predicted octanol–water partition coefficient (Wildman–Crippen LogP) is 4.48. The molecule has 8 nitrogen and oxygen atoms in total. The minimum atomic E-state index is -3.90. The molecular weight excluding hydrogens is 466 g/mol. The van der Waals surface area contributed by atoms with E-state index in [9.17, 15) is 18.0 Å². The highest BCUT2D eigenvalue weighted by Crippen LogP contribution is 2.29. The number of nitrogens with zero attached hydrogens (tertiary/aromatic N) is 2. The number of anilines is 3. The van der Waals surface area contributed by atoms with E-state index in [1.807, 2.05) is 26.0 Å². The van der Waals surface area contributed by atoms with E-state index in [1.54, 1.807) is 60.7 Å². The van der Waals surface area contributed by atoms with Crippen molar-refractivity contribution in [2.24, 2.45) is 0 Å². The van der Waals surface area contributed by atoms with E-state index in [4.69, 9.17) is 4.74 Å². The SMILES string of the molecule is Cc1ccc(N(CCC(=O)Nc2ccccc2N2CCOC2=O)S(=O)(=O)c2ccc(C)cc2)cc1. The number of cyclic esters (lactones) is 1. The van der Waals surface area contributed by atoms with Gasteiger partial charge >= 0.3 is 6.09 Å². The molecule has 1 saturated heterocycles. The van der Waals surface area contributed by atoms with E-state index in [-0.39, 0.29) is 30.4 Å². The summed E-state index contributed by atoms with van der Waals surface area (Å²) in [5.41, 5.74) is 3.41. The molecule has 1 N–H and O–H groups in total. The molecule has 1 heterocycles. The summed E-state index contributed by atoms with van der Waals surface area (Å²) >= 11 is 0. The Kier molecular flexibility index (Phi) is 7.07. The lowest BCUT2D eigenvalue weighted by Gasteiger charge is -2.25. The van der Waals surface area contributed by atoms with E-state index in [0.29, 0.717) is 23.6 Å². The minimum absolute atomic E-state index is 0.0565. The second-order valence-corrected chi connectivity index (χ2v) is 10.2. The highest BCUT2D eigenvalue weighted by Gasteiger charge is 2.27. The number of para-hydroxylation sites is 2. The lowest BCUT2D eigenvalue weighted by molar-refractivity contribution is -0.116. The molecule has 0 radical (unpaired) electrons. The largest absolute Gasteiger partial charge is 0.447 e. The smallest absolute Gasteiger partial charge is 0.414 e. The van der Waals surface area contributed by atoms with E-state index in [0.717, 1.165) is 11.1 Å². The summed E-state index contributed by atoms with van der Waals surface area (Å²) in [5, 5.41) is 2.81. The number of hydrogen-bond acceptors (Lipinski definition) is 5. The predicted molar refractivity (Wildman–Crippen MR) is 135 cm³/mol. The van der Waals surface area contributed by atoms with E-state index >= 15 is 0 Å². The van der Waals surface area contributed by atoms with Crippen LogP contribution in [0.5, 0.6) is 0 Å². The first-order valence-electron chi connectivity index (χ1n) is 11.2. The molecule has 0 aromatic heterocycles. The summed E-state index contributed by atoms with van der Waals surface area (Å²) in [6.07, 6.45) is -0.556. The standard InChI is InChI=1S/C26H27N3O5S/c1-19-7-11-21(12-8-19)29(35(32,33)22-13-9-20(2)10-14-22)16-15-25(30)27-23-5-3-4-6-24(23)28-17-18-34-26(28)31/h3-14H,15-18H2,1-2H3,(H,27,30). The van der Waals surface area contributed by atoms with Crippen LogP contribution in [0.1, 0.15) is 17.5 Å². The fraction of sp³-hybridized carbons (Fsp3) is 0.231. The van der Waals surface area contributed by atoms with Crippen molar-refractivity contribution in [1.29, 1.82) is 0 Å². The Morgan fingerprint density at radius 1 is 0.971 bits per heavy atom. The van der Waals surface area contributed by atoms with Crippen LogP contribution >= 0.6 is 0 Å².